The Balaban J connectivity index is 1.72. The van der Waals surface area contributed by atoms with Gasteiger partial charge in [0.2, 0.25) is 5.91 Å². The lowest BCUT2D eigenvalue weighted by Gasteiger charge is -2.03. The normalized spacial score (nSPS) is 10.7. The van der Waals surface area contributed by atoms with Gasteiger partial charge in [-0.2, -0.15) is 0 Å². The molecule has 0 radical (unpaired) electrons. The Morgan fingerprint density at radius 1 is 1.09 bits per heavy atom. The van der Waals surface area contributed by atoms with Gasteiger partial charge in [-0.25, -0.2) is 0 Å². The van der Waals surface area contributed by atoms with E-state index in [0.717, 1.165) is 5.56 Å². The van der Waals surface area contributed by atoms with E-state index in [1.807, 2.05) is 0 Å². The number of carbonyl (C=O) groups is 1. The van der Waals surface area contributed by atoms with E-state index in [9.17, 15) is 4.79 Å². The number of nitrogens with zero attached hydrogens (tertiary/aromatic N) is 1. The van der Waals surface area contributed by atoms with E-state index < -0.39 is 0 Å². The molecule has 0 aliphatic rings. The molecule has 23 heavy (non-hydrogen) atoms. The van der Waals surface area contributed by atoms with Crippen LogP contribution in [0.25, 0.3) is 0 Å². The zero-order valence-electron chi connectivity index (χ0n) is 11.9. The number of hydrogen-bond donors (Lipinski definition) is 1. The van der Waals surface area contributed by atoms with E-state index in [1.54, 1.807) is 42.5 Å². The highest BCUT2D eigenvalue weighted by Crippen LogP contribution is 2.22. The number of halogens is 3. The fourth-order valence-corrected chi connectivity index (χ4v) is 2.11. The van der Waals surface area contributed by atoms with Crippen LogP contribution in [0, 0.1) is 0 Å². The van der Waals surface area contributed by atoms with E-state index in [4.69, 9.17) is 39.6 Å². The van der Waals surface area contributed by atoms with Gasteiger partial charge in [0, 0.05) is 10.7 Å². The Bertz CT molecular complexity index is 703. The summed E-state index contributed by atoms with van der Waals surface area (Å²) >= 11 is 17.5. The van der Waals surface area contributed by atoms with Crippen molar-refractivity contribution in [2.24, 2.45) is 5.16 Å². The zero-order valence-corrected chi connectivity index (χ0v) is 14.2. The van der Waals surface area contributed by atoms with Crippen molar-refractivity contribution in [3.8, 4) is 0 Å². The molecule has 0 bridgehead atoms. The molecule has 0 heterocycles. The minimum atomic E-state index is -0.200. The highest BCUT2D eigenvalue weighted by atomic mass is 35.5. The molecule has 0 spiro atoms. The molecular formula is C16H13Cl3N2O2. The topological polar surface area (TPSA) is 50.7 Å². The standard InChI is InChI=1S/C16H13Cl3N2O2/c17-12-2-4-13(5-3-12)21-16(22)7-8-20-23-10-11-1-6-14(18)15(19)9-11/h1-6,8-9H,7,10H2,(H,21,22). The molecule has 0 aliphatic carbocycles. The summed E-state index contributed by atoms with van der Waals surface area (Å²) in [6, 6.07) is 12.0. The quantitative estimate of drug-likeness (QED) is 0.562. The van der Waals surface area contributed by atoms with Gasteiger partial charge in [0.05, 0.1) is 22.7 Å². The predicted molar refractivity (Wildman–Crippen MR) is 94.4 cm³/mol. The monoisotopic (exact) mass is 370 g/mol. The van der Waals surface area contributed by atoms with Crippen molar-refractivity contribution in [2.45, 2.75) is 13.0 Å². The number of hydrogen-bond acceptors (Lipinski definition) is 3. The molecule has 4 nitrogen and oxygen atoms in total. The molecule has 7 heteroatoms. The number of amides is 1. The summed E-state index contributed by atoms with van der Waals surface area (Å²) in [7, 11) is 0. The van der Waals surface area contributed by atoms with Crippen LogP contribution in [0.15, 0.2) is 47.6 Å². The summed E-state index contributed by atoms with van der Waals surface area (Å²) in [5.74, 6) is -0.200. The third-order valence-corrected chi connectivity index (χ3v) is 3.76. The van der Waals surface area contributed by atoms with E-state index in [0.29, 0.717) is 20.8 Å². The van der Waals surface area contributed by atoms with Crippen LogP contribution in [0.5, 0.6) is 0 Å². The predicted octanol–water partition coefficient (Wildman–Crippen LogP) is 5.18. The van der Waals surface area contributed by atoms with Crippen molar-refractivity contribution in [2.75, 3.05) is 5.32 Å². The Kier molecular flexibility index (Phi) is 6.71. The molecule has 0 atom stereocenters. The van der Waals surface area contributed by atoms with Crippen molar-refractivity contribution >= 4 is 52.6 Å². The number of benzene rings is 2. The van der Waals surface area contributed by atoms with Crippen molar-refractivity contribution in [1.29, 1.82) is 0 Å². The number of carbonyl (C=O) groups excluding carboxylic acids is 1. The minimum absolute atomic E-state index is 0.101. The fraction of sp³-hybridized carbons (Fsp3) is 0.125. The smallest absolute Gasteiger partial charge is 0.229 e. The van der Waals surface area contributed by atoms with E-state index in [1.165, 1.54) is 6.21 Å². The van der Waals surface area contributed by atoms with Gasteiger partial charge in [0.15, 0.2) is 0 Å². The van der Waals surface area contributed by atoms with Crippen LogP contribution in [-0.4, -0.2) is 12.1 Å². The van der Waals surface area contributed by atoms with Crippen molar-refractivity contribution in [3.63, 3.8) is 0 Å². The molecule has 2 aromatic carbocycles. The molecule has 0 aromatic heterocycles. The molecule has 2 aromatic rings. The molecule has 1 N–H and O–H groups in total. The SMILES string of the molecule is O=C(CC=NOCc1ccc(Cl)c(Cl)c1)Nc1ccc(Cl)cc1. The summed E-state index contributed by atoms with van der Waals surface area (Å²) in [6.07, 6.45) is 1.49. The van der Waals surface area contributed by atoms with Gasteiger partial charge in [-0.15, -0.1) is 0 Å². The summed E-state index contributed by atoms with van der Waals surface area (Å²) in [4.78, 5) is 16.8. The summed E-state index contributed by atoms with van der Waals surface area (Å²) < 4.78 is 0. The molecule has 0 saturated heterocycles. The lowest BCUT2D eigenvalue weighted by molar-refractivity contribution is -0.115. The first-order chi connectivity index (χ1) is 11.0. The van der Waals surface area contributed by atoms with E-state index >= 15 is 0 Å². The van der Waals surface area contributed by atoms with Crippen molar-refractivity contribution in [1.82, 2.24) is 0 Å². The summed E-state index contributed by atoms with van der Waals surface area (Å²) in [6.45, 7) is 0.242. The van der Waals surface area contributed by atoms with E-state index in [-0.39, 0.29) is 18.9 Å². The second kappa shape index (κ2) is 8.77. The Hall–Kier alpha value is -1.75. The molecule has 0 saturated carbocycles. The Morgan fingerprint density at radius 2 is 1.83 bits per heavy atom. The Labute approximate surface area is 149 Å². The molecular weight excluding hydrogens is 359 g/mol. The third kappa shape index (κ3) is 6.10. The number of nitrogens with one attached hydrogen (secondary N) is 1. The largest absolute Gasteiger partial charge is 0.391 e. The van der Waals surface area contributed by atoms with Gasteiger partial charge in [-0.3, -0.25) is 4.79 Å². The summed E-state index contributed by atoms with van der Waals surface area (Å²) in [5.41, 5.74) is 1.51. The fourth-order valence-electron chi connectivity index (χ4n) is 1.66. The number of rotatable bonds is 6. The average Bonchev–Trinajstić information content (AvgIpc) is 2.53. The lowest BCUT2D eigenvalue weighted by atomic mass is 10.2. The molecule has 120 valence electrons. The van der Waals surface area contributed by atoms with Crippen molar-refractivity contribution < 1.29 is 9.63 Å². The van der Waals surface area contributed by atoms with Crippen LogP contribution in [0.3, 0.4) is 0 Å². The van der Waals surface area contributed by atoms with Crippen LogP contribution >= 0.6 is 34.8 Å². The van der Waals surface area contributed by atoms with Gasteiger partial charge < -0.3 is 10.2 Å². The van der Waals surface area contributed by atoms with Gasteiger partial charge in [-0.05, 0) is 42.0 Å². The highest BCUT2D eigenvalue weighted by molar-refractivity contribution is 6.42. The molecule has 0 unspecified atom stereocenters. The highest BCUT2D eigenvalue weighted by Gasteiger charge is 2.01. The van der Waals surface area contributed by atoms with Crippen LogP contribution in [0.4, 0.5) is 5.69 Å². The summed E-state index contributed by atoms with van der Waals surface area (Å²) in [5, 5.41) is 8.00. The molecule has 2 rings (SSSR count). The number of oxime groups is 1. The van der Waals surface area contributed by atoms with Crippen LogP contribution in [-0.2, 0) is 16.2 Å². The number of anilines is 1. The van der Waals surface area contributed by atoms with Crippen molar-refractivity contribution in [3.05, 3.63) is 63.1 Å². The van der Waals surface area contributed by atoms with Crippen LogP contribution in [0.2, 0.25) is 15.1 Å². The molecule has 0 fully saturated rings. The second-order valence-corrected chi connectivity index (χ2v) is 5.82. The maximum absolute atomic E-state index is 11.7. The van der Waals surface area contributed by atoms with Gasteiger partial charge in [0.25, 0.3) is 0 Å². The molecule has 1 amide bonds. The third-order valence-electron chi connectivity index (χ3n) is 2.77. The van der Waals surface area contributed by atoms with Gasteiger partial charge in [0.1, 0.15) is 6.61 Å². The van der Waals surface area contributed by atoms with Gasteiger partial charge >= 0.3 is 0 Å². The maximum Gasteiger partial charge on any atom is 0.229 e. The molecule has 0 aliphatic heterocycles. The Morgan fingerprint density at radius 3 is 2.52 bits per heavy atom. The first kappa shape index (κ1) is 17.6. The lowest BCUT2D eigenvalue weighted by Crippen LogP contribution is -2.11. The first-order valence-electron chi connectivity index (χ1n) is 6.68. The zero-order chi connectivity index (χ0) is 16.7. The second-order valence-electron chi connectivity index (χ2n) is 4.57. The van der Waals surface area contributed by atoms with Gasteiger partial charge in [-0.1, -0.05) is 46.0 Å². The minimum Gasteiger partial charge on any atom is -0.391 e. The first-order valence-corrected chi connectivity index (χ1v) is 7.81. The van der Waals surface area contributed by atoms with Crippen LogP contribution in [0.1, 0.15) is 12.0 Å². The van der Waals surface area contributed by atoms with E-state index in [2.05, 4.69) is 10.5 Å². The van der Waals surface area contributed by atoms with Crippen LogP contribution < -0.4 is 5.32 Å². The average molecular weight is 372 g/mol. The maximum atomic E-state index is 11.7.